The van der Waals surface area contributed by atoms with Gasteiger partial charge in [-0.25, -0.2) is 9.36 Å². The van der Waals surface area contributed by atoms with Crippen LogP contribution in [0.1, 0.15) is 79.6 Å². The van der Waals surface area contributed by atoms with E-state index in [9.17, 15) is 47.9 Å². The number of aryl methyl sites for hydroxylation is 2. The first-order chi connectivity index (χ1) is 34.1. The van der Waals surface area contributed by atoms with Crippen LogP contribution in [-0.4, -0.2) is 164 Å². The normalized spacial score (nSPS) is 23.5. The molecule has 4 heterocycles. The van der Waals surface area contributed by atoms with Crippen molar-refractivity contribution in [2.45, 2.75) is 142 Å². The molecule has 0 spiro atoms. The van der Waals surface area contributed by atoms with Crippen LogP contribution in [0.25, 0.3) is 11.4 Å². The number of carbonyl (C=O) groups is 10. The van der Waals surface area contributed by atoms with Crippen LogP contribution in [0.2, 0.25) is 0 Å². The number of amides is 2. The Hall–Kier alpha value is -7.88. The number of benzene rings is 1. The molecule has 0 radical (unpaired) electrons. The highest BCUT2D eigenvalue weighted by molar-refractivity contribution is 5.77. The van der Waals surface area contributed by atoms with E-state index in [0.717, 1.165) is 55.4 Å². The molecule has 390 valence electrons. The van der Waals surface area contributed by atoms with E-state index in [1.165, 1.54) is 9.36 Å². The van der Waals surface area contributed by atoms with Gasteiger partial charge in [-0.15, -0.1) is 10.2 Å². The average molecular weight is 1010 g/mol. The van der Waals surface area contributed by atoms with Crippen LogP contribution in [0.3, 0.4) is 0 Å². The first kappa shape index (κ1) is 55.1. The van der Waals surface area contributed by atoms with E-state index < -0.39 is 134 Å². The fraction of sp³-hybridized carbons (Fsp3) is 0.545. The molecule has 2 aliphatic rings. The third-order valence-electron chi connectivity index (χ3n) is 10.2. The molecule has 2 saturated heterocycles. The zero-order chi connectivity index (χ0) is 52.8. The second kappa shape index (κ2) is 25.3. The summed E-state index contributed by atoms with van der Waals surface area (Å²) in [5, 5.41) is 21.9. The maximum atomic E-state index is 13.3. The maximum absolute atomic E-state index is 13.3. The predicted octanol–water partition coefficient (Wildman–Crippen LogP) is -0.888. The highest BCUT2D eigenvalue weighted by Crippen LogP contribution is 2.30. The van der Waals surface area contributed by atoms with Gasteiger partial charge in [-0.3, -0.25) is 47.9 Å². The fourth-order valence-corrected chi connectivity index (χ4v) is 7.49. The van der Waals surface area contributed by atoms with Gasteiger partial charge in [0.25, 0.3) is 0 Å². The van der Waals surface area contributed by atoms with Crippen LogP contribution in [0, 0.1) is 0 Å². The molecule has 0 bridgehead atoms. The number of nitrogens with zero attached hydrogens (tertiary/aromatic N) is 6. The van der Waals surface area contributed by atoms with E-state index in [1.807, 2.05) is 0 Å². The molecular weight excluding hydrogens is 961 g/mol. The van der Waals surface area contributed by atoms with E-state index in [4.69, 9.17) is 47.4 Å². The molecule has 2 N–H and O–H groups in total. The molecule has 72 heavy (non-hydrogen) atoms. The molecule has 0 aliphatic carbocycles. The molecule has 2 fully saturated rings. The second-order valence-corrected chi connectivity index (χ2v) is 16.2. The Kier molecular flexibility index (Phi) is 19.3. The van der Waals surface area contributed by atoms with Crippen LogP contribution in [0.4, 0.5) is 0 Å². The Morgan fingerprint density at radius 1 is 0.486 bits per heavy atom. The summed E-state index contributed by atoms with van der Waals surface area (Å²) in [5.74, 6) is -7.57. The predicted molar refractivity (Wildman–Crippen MR) is 233 cm³/mol. The lowest BCUT2D eigenvalue weighted by Gasteiger charge is -2.44. The molecule has 28 nitrogen and oxygen atoms in total. The molecule has 0 unspecified atom stereocenters. The molecular formula is C44H54N8O20. The van der Waals surface area contributed by atoms with Gasteiger partial charge in [-0.05, 0) is 18.2 Å². The van der Waals surface area contributed by atoms with Gasteiger partial charge in [0.1, 0.15) is 25.4 Å². The summed E-state index contributed by atoms with van der Waals surface area (Å²) in [6, 6.07) is 6.89. The summed E-state index contributed by atoms with van der Waals surface area (Å²) in [6.07, 6.45) is -11.2. The standard InChI is InChI=1S/C44H54N8O20/c1-21(53)63-19-33-37(65-23(3)55)39(67-25(5)57)41(69-27(7)59)43(71-33)45-35(61)14-12-29-17-51(49-47-29)31-10-9-11-32(16-31)52-18-30(48-50-52)13-15-36(62)46-44-42(70-28(8)60)40(68-26(6)58)38(66-24(4)56)34(72-44)20-64-22(2)54/h9-11,16-18,33-34,37-44H,12-15,19-20H2,1-8H3,(H,45,61)(H,46,62)/t33-,34-,37-,38-,39+,40+,41+,42+,43-,44-/m1/s1. The molecule has 2 aliphatic heterocycles. The van der Waals surface area contributed by atoms with Crippen molar-refractivity contribution >= 4 is 59.6 Å². The summed E-state index contributed by atoms with van der Waals surface area (Å²) in [7, 11) is 0. The van der Waals surface area contributed by atoms with E-state index in [1.54, 1.807) is 36.7 Å². The van der Waals surface area contributed by atoms with Crippen molar-refractivity contribution in [1.82, 2.24) is 40.6 Å². The number of rotatable bonds is 20. The number of ether oxygens (including phenoxy) is 10. The maximum Gasteiger partial charge on any atom is 0.303 e. The summed E-state index contributed by atoms with van der Waals surface area (Å²) < 4.78 is 57.3. The Bertz CT molecular complexity index is 2330. The monoisotopic (exact) mass is 1010 g/mol. The van der Waals surface area contributed by atoms with Crippen molar-refractivity contribution in [3.63, 3.8) is 0 Å². The van der Waals surface area contributed by atoms with Crippen LogP contribution in [0.5, 0.6) is 0 Å². The van der Waals surface area contributed by atoms with Gasteiger partial charge in [0, 0.05) is 81.1 Å². The molecule has 2 amide bonds. The lowest BCUT2D eigenvalue weighted by Crippen LogP contribution is -2.66. The highest BCUT2D eigenvalue weighted by atomic mass is 16.7. The molecule has 3 aromatic rings. The van der Waals surface area contributed by atoms with Gasteiger partial charge in [-0.1, -0.05) is 16.5 Å². The van der Waals surface area contributed by atoms with Crippen molar-refractivity contribution in [2.75, 3.05) is 13.2 Å². The number of hydrogen-bond donors (Lipinski definition) is 2. The third kappa shape index (κ3) is 16.1. The topological polar surface area (TPSA) is 348 Å². The summed E-state index contributed by atoms with van der Waals surface area (Å²) in [6.45, 7) is 7.80. The Morgan fingerprint density at radius 2 is 0.819 bits per heavy atom. The zero-order valence-corrected chi connectivity index (χ0v) is 40.3. The second-order valence-electron chi connectivity index (χ2n) is 16.2. The first-order valence-electron chi connectivity index (χ1n) is 22.2. The zero-order valence-electron chi connectivity index (χ0n) is 40.3. The fourth-order valence-electron chi connectivity index (χ4n) is 7.49. The molecule has 28 heteroatoms. The van der Waals surface area contributed by atoms with Crippen molar-refractivity contribution in [3.8, 4) is 11.4 Å². The first-order valence-corrected chi connectivity index (χ1v) is 22.2. The van der Waals surface area contributed by atoms with E-state index in [0.29, 0.717) is 22.8 Å². The van der Waals surface area contributed by atoms with Gasteiger partial charge >= 0.3 is 47.8 Å². The lowest BCUT2D eigenvalue weighted by molar-refractivity contribution is -0.257. The minimum Gasteiger partial charge on any atom is -0.463 e. The summed E-state index contributed by atoms with van der Waals surface area (Å²) in [4.78, 5) is 123. The summed E-state index contributed by atoms with van der Waals surface area (Å²) in [5.41, 5.74) is 1.85. The van der Waals surface area contributed by atoms with Gasteiger partial charge in [-0.2, -0.15) is 0 Å². The minimum atomic E-state index is -1.49. The molecule has 1 aromatic carbocycles. The van der Waals surface area contributed by atoms with Gasteiger partial charge in [0.2, 0.25) is 11.8 Å². The SMILES string of the molecule is CC(=O)OC[C@H]1O[C@@H](NC(=O)CCc2cn(-c3cccc(-n4cc(CCC(=O)N[C@@H]5O[C@H](COC(C)=O)[C@@H](OC(C)=O)[C@H](OC(C)=O)[C@@H]5OC(C)=O)nn4)c3)nn2)[C@@H](OC(C)=O)[C@@H](OC(C)=O)[C@@H]1OC(C)=O. The van der Waals surface area contributed by atoms with Crippen molar-refractivity contribution in [1.29, 1.82) is 0 Å². The highest BCUT2D eigenvalue weighted by Gasteiger charge is 2.54. The van der Waals surface area contributed by atoms with Crippen LogP contribution in [0.15, 0.2) is 36.7 Å². The molecule has 0 saturated carbocycles. The molecule has 10 atom stereocenters. The minimum absolute atomic E-state index is 0.0600. The van der Waals surface area contributed by atoms with E-state index in [2.05, 4.69) is 31.3 Å². The van der Waals surface area contributed by atoms with Crippen molar-refractivity contribution in [3.05, 3.63) is 48.0 Å². The lowest BCUT2D eigenvalue weighted by atomic mass is 9.97. The third-order valence-corrected chi connectivity index (χ3v) is 10.2. The van der Waals surface area contributed by atoms with Crippen LogP contribution >= 0.6 is 0 Å². The Labute approximate surface area is 409 Å². The van der Waals surface area contributed by atoms with E-state index >= 15 is 0 Å². The quantitative estimate of drug-likeness (QED) is 0.102. The van der Waals surface area contributed by atoms with Gasteiger partial charge in [0.15, 0.2) is 49.1 Å². The molecule has 2 aromatic heterocycles. The average Bonchev–Trinajstić information content (AvgIpc) is 3.97. The number of esters is 8. The van der Waals surface area contributed by atoms with Crippen LogP contribution in [-0.2, 0) is 108 Å². The Morgan fingerprint density at radius 3 is 1.15 bits per heavy atom. The van der Waals surface area contributed by atoms with Gasteiger partial charge < -0.3 is 58.0 Å². The number of aromatic nitrogens is 6. The van der Waals surface area contributed by atoms with Crippen LogP contribution < -0.4 is 10.6 Å². The number of carbonyl (C=O) groups excluding carboxylic acids is 10. The number of nitrogens with one attached hydrogen (secondary N) is 2. The Balaban J connectivity index is 1.22. The van der Waals surface area contributed by atoms with E-state index in [-0.39, 0.29) is 25.7 Å². The number of hydrogen-bond acceptors (Lipinski definition) is 24. The van der Waals surface area contributed by atoms with Crippen molar-refractivity contribution < 1.29 is 95.3 Å². The molecule has 5 rings (SSSR count). The largest absolute Gasteiger partial charge is 0.463 e. The van der Waals surface area contributed by atoms with Crippen molar-refractivity contribution in [2.24, 2.45) is 0 Å². The smallest absolute Gasteiger partial charge is 0.303 e. The summed E-state index contributed by atoms with van der Waals surface area (Å²) >= 11 is 0. The van der Waals surface area contributed by atoms with Gasteiger partial charge in [0.05, 0.1) is 35.2 Å².